The molecule has 0 saturated carbocycles. The number of aromatic nitrogens is 2. The van der Waals surface area contributed by atoms with Crippen LogP contribution in [0.4, 0.5) is 5.13 Å². The summed E-state index contributed by atoms with van der Waals surface area (Å²) in [5, 5.41) is 9.50. The lowest BCUT2D eigenvalue weighted by Crippen LogP contribution is -1.80. The molecule has 0 atom stereocenters. The normalized spacial score (nSPS) is 8.87. The zero-order valence-electron chi connectivity index (χ0n) is 7.48. The number of halogens is 2. The van der Waals surface area contributed by atoms with Crippen molar-refractivity contribution in [3.63, 3.8) is 0 Å². The van der Waals surface area contributed by atoms with Crippen LogP contribution in [0.5, 0.6) is 0 Å². The van der Waals surface area contributed by atoms with E-state index in [-0.39, 0.29) is 17.9 Å². The van der Waals surface area contributed by atoms with Crippen molar-refractivity contribution in [2.45, 2.75) is 0 Å². The Bertz CT molecular complexity index is 435. The van der Waals surface area contributed by atoms with Crippen molar-refractivity contribution < 1.29 is 5.48 Å². The van der Waals surface area contributed by atoms with E-state index in [1.165, 1.54) is 11.3 Å². The third kappa shape index (κ3) is 3.04. The Labute approximate surface area is 102 Å². The second kappa shape index (κ2) is 5.87. The first kappa shape index (κ1) is 14.1. The standard InChI is InChI=1S/C8H6ClN3S.ClH.H2O/c9-6-4-2-1-3-5(6)7-11-12-8(10)13-7;;/h1-4H,(H2,10,12);1H;1H2. The third-order valence-electron chi connectivity index (χ3n) is 1.54. The van der Waals surface area contributed by atoms with Crippen LogP contribution in [0.3, 0.4) is 0 Å². The maximum absolute atomic E-state index is 5.97. The van der Waals surface area contributed by atoms with E-state index in [1.54, 1.807) is 0 Å². The predicted molar refractivity (Wildman–Crippen MR) is 65.6 cm³/mol. The minimum absolute atomic E-state index is 0. The lowest BCUT2D eigenvalue weighted by molar-refractivity contribution is 0.824. The van der Waals surface area contributed by atoms with Crippen LogP contribution in [0.15, 0.2) is 24.3 Å². The van der Waals surface area contributed by atoms with Gasteiger partial charge in [-0.1, -0.05) is 41.1 Å². The maximum Gasteiger partial charge on any atom is 0.203 e. The number of nitrogens with zero attached hydrogens (tertiary/aromatic N) is 2. The minimum Gasteiger partial charge on any atom is -0.412 e. The molecule has 2 rings (SSSR count). The first-order valence-electron chi connectivity index (χ1n) is 3.61. The summed E-state index contributed by atoms with van der Waals surface area (Å²) in [4.78, 5) is 0. The van der Waals surface area contributed by atoms with Crippen LogP contribution >= 0.6 is 35.3 Å². The van der Waals surface area contributed by atoms with Gasteiger partial charge in [-0.15, -0.1) is 22.6 Å². The molecule has 82 valence electrons. The van der Waals surface area contributed by atoms with Crippen LogP contribution in [0.2, 0.25) is 5.02 Å². The monoisotopic (exact) mass is 265 g/mol. The molecule has 0 amide bonds. The van der Waals surface area contributed by atoms with Crippen LogP contribution in [0.1, 0.15) is 0 Å². The SMILES string of the molecule is Cl.Nc1nnc(-c2ccccc2Cl)s1.O. The summed E-state index contributed by atoms with van der Waals surface area (Å²) in [5.74, 6) is 0. The molecule has 0 fully saturated rings. The van der Waals surface area contributed by atoms with Gasteiger partial charge in [-0.25, -0.2) is 0 Å². The molecule has 1 aromatic carbocycles. The van der Waals surface area contributed by atoms with E-state index >= 15 is 0 Å². The summed E-state index contributed by atoms with van der Waals surface area (Å²) in [6.07, 6.45) is 0. The number of anilines is 1. The van der Waals surface area contributed by atoms with Crippen molar-refractivity contribution in [2.75, 3.05) is 5.73 Å². The molecule has 15 heavy (non-hydrogen) atoms. The highest BCUT2D eigenvalue weighted by atomic mass is 35.5. The fourth-order valence-corrected chi connectivity index (χ4v) is 1.91. The fourth-order valence-electron chi connectivity index (χ4n) is 0.978. The zero-order chi connectivity index (χ0) is 9.26. The maximum atomic E-state index is 5.97. The first-order valence-corrected chi connectivity index (χ1v) is 4.80. The Morgan fingerprint density at radius 3 is 2.40 bits per heavy atom. The molecule has 1 heterocycles. The van der Waals surface area contributed by atoms with Gasteiger partial charge in [0.2, 0.25) is 5.13 Å². The number of hydrogen-bond acceptors (Lipinski definition) is 4. The lowest BCUT2D eigenvalue weighted by Gasteiger charge is -1.96. The summed E-state index contributed by atoms with van der Waals surface area (Å²) >= 11 is 7.29. The molecule has 7 heteroatoms. The Kier molecular flexibility index (Phi) is 5.53. The molecule has 4 nitrogen and oxygen atoms in total. The van der Waals surface area contributed by atoms with E-state index in [1.807, 2.05) is 24.3 Å². The van der Waals surface area contributed by atoms with Crippen molar-refractivity contribution in [1.29, 1.82) is 0 Å². The van der Waals surface area contributed by atoms with Crippen LogP contribution in [-0.2, 0) is 0 Å². The van der Waals surface area contributed by atoms with Gasteiger partial charge in [-0.05, 0) is 6.07 Å². The summed E-state index contributed by atoms with van der Waals surface area (Å²) in [5.41, 5.74) is 6.34. The first-order chi connectivity index (χ1) is 6.27. The predicted octanol–water partition coefficient (Wildman–Crippen LogP) is 2.04. The molecular weight excluding hydrogens is 257 g/mol. The average Bonchev–Trinajstić information content (AvgIpc) is 2.53. The molecule has 0 radical (unpaired) electrons. The average molecular weight is 266 g/mol. The number of hydrogen-bond donors (Lipinski definition) is 1. The molecule has 0 saturated heterocycles. The molecule has 0 unspecified atom stereocenters. The molecule has 1 aromatic heterocycles. The van der Waals surface area contributed by atoms with Crippen molar-refractivity contribution in [1.82, 2.24) is 10.2 Å². The van der Waals surface area contributed by atoms with Crippen LogP contribution < -0.4 is 5.73 Å². The molecule has 0 bridgehead atoms. The van der Waals surface area contributed by atoms with Gasteiger partial charge >= 0.3 is 0 Å². The zero-order valence-corrected chi connectivity index (χ0v) is 9.86. The van der Waals surface area contributed by atoms with Gasteiger partial charge in [-0.3, -0.25) is 0 Å². The molecule has 4 N–H and O–H groups in total. The third-order valence-corrected chi connectivity index (χ3v) is 2.66. The van der Waals surface area contributed by atoms with Crippen molar-refractivity contribution in [3.05, 3.63) is 29.3 Å². The van der Waals surface area contributed by atoms with Crippen molar-refractivity contribution >= 4 is 40.5 Å². The topological polar surface area (TPSA) is 83.3 Å². The molecule has 0 aliphatic carbocycles. The number of nitrogen functional groups attached to an aromatic ring is 1. The number of nitrogens with two attached hydrogens (primary N) is 1. The molecule has 2 aromatic rings. The molecule has 0 spiro atoms. The lowest BCUT2D eigenvalue weighted by atomic mass is 10.2. The molecule has 0 aliphatic rings. The number of rotatable bonds is 1. The highest BCUT2D eigenvalue weighted by molar-refractivity contribution is 7.18. The summed E-state index contributed by atoms with van der Waals surface area (Å²) in [6, 6.07) is 7.48. The second-order valence-corrected chi connectivity index (χ2v) is 3.84. The highest BCUT2D eigenvalue weighted by Gasteiger charge is 2.06. The second-order valence-electron chi connectivity index (χ2n) is 2.43. The van der Waals surface area contributed by atoms with E-state index in [0.29, 0.717) is 10.2 Å². The fraction of sp³-hybridized carbons (Fsp3) is 0. The van der Waals surface area contributed by atoms with Crippen molar-refractivity contribution in [3.8, 4) is 10.6 Å². The molecule has 0 aliphatic heterocycles. The van der Waals surface area contributed by atoms with Crippen LogP contribution in [0.25, 0.3) is 10.6 Å². The van der Waals surface area contributed by atoms with Gasteiger partial charge in [0.05, 0.1) is 5.02 Å². The van der Waals surface area contributed by atoms with Gasteiger partial charge in [0.1, 0.15) is 0 Å². The van der Waals surface area contributed by atoms with E-state index in [2.05, 4.69) is 10.2 Å². The summed E-state index contributed by atoms with van der Waals surface area (Å²) < 4.78 is 0. The van der Waals surface area contributed by atoms with Gasteiger partial charge in [0, 0.05) is 5.56 Å². The Morgan fingerprint density at radius 2 is 1.87 bits per heavy atom. The largest absolute Gasteiger partial charge is 0.412 e. The minimum atomic E-state index is 0. The Morgan fingerprint density at radius 1 is 1.20 bits per heavy atom. The van der Waals surface area contributed by atoms with Gasteiger partial charge < -0.3 is 11.2 Å². The van der Waals surface area contributed by atoms with E-state index in [9.17, 15) is 0 Å². The molecular formula is C8H9Cl2N3OS. The Balaban J connectivity index is 0.000000980. The van der Waals surface area contributed by atoms with Gasteiger partial charge in [-0.2, -0.15) is 0 Å². The van der Waals surface area contributed by atoms with Crippen molar-refractivity contribution in [2.24, 2.45) is 0 Å². The summed E-state index contributed by atoms with van der Waals surface area (Å²) in [6.45, 7) is 0. The van der Waals surface area contributed by atoms with Gasteiger partial charge in [0.25, 0.3) is 0 Å². The quantitative estimate of drug-likeness (QED) is 0.857. The summed E-state index contributed by atoms with van der Waals surface area (Å²) in [7, 11) is 0. The smallest absolute Gasteiger partial charge is 0.203 e. The van der Waals surface area contributed by atoms with E-state index in [0.717, 1.165) is 10.6 Å². The number of benzene rings is 1. The highest BCUT2D eigenvalue weighted by Crippen LogP contribution is 2.30. The van der Waals surface area contributed by atoms with E-state index in [4.69, 9.17) is 17.3 Å². The van der Waals surface area contributed by atoms with Crippen LogP contribution in [0, 0.1) is 0 Å². The Hall–Kier alpha value is -0.880. The van der Waals surface area contributed by atoms with Gasteiger partial charge in [0.15, 0.2) is 5.01 Å². The van der Waals surface area contributed by atoms with Crippen LogP contribution in [-0.4, -0.2) is 15.7 Å². The van der Waals surface area contributed by atoms with E-state index < -0.39 is 0 Å².